The van der Waals surface area contributed by atoms with Crippen LogP contribution in [0.5, 0.6) is 0 Å². The zero-order valence-corrected chi connectivity index (χ0v) is 12.2. The summed E-state index contributed by atoms with van der Waals surface area (Å²) in [6.45, 7) is 1.59. The van der Waals surface area contributed by atoms with Gasteiger partial charge in [-0.25, -0.2) is 0 Å². The van der Waals surface area contributed by atoms with Crippen molar-refractivity contribution in [3.8, 4) is 0 Å². The minimum Gasteiger partial charge on any atom is -0.349 e. The average Bonchev–Trinajstić information content (AvgIpc) is 3.31. The van der Waals surface area contributed by atoms with E-state index in [-0.39, 0.29) is 17.5 Å². The molecule has 0 unspecified atom stereocenters. The summed E-state index contributed by atoms with van der Waals surface area (Å²) in [6, 6.07) is 3.92. The van der Waals surface area contributed by atoms with Gasteiger partial charge in [-0.2, -0.15) is 13.2 Å². The molecule has 2 fully saturated rings. The van der Waals surface area contributed by atoms with Gasteiger partial charge in [0.05, 0.1) is 5.56 Å². The molecule has 1 aromatic carbocycles. The summed E-state index contributed by atoms with van der Waals surface area (Å²) < 4.78 is 39.3. The molecule has 6 heteroatoms. The molecule has 120 valence electrons. The van der Waals surface area contributed by atoms with Crippen LogP contribution >= 0.6 is 0 Å². The monoisotopic (exact) mass is 312 g/mol. The van der Waals surface area contributed by atoms with Crippen molar-refractivity contribution in [2.24, 2.45) is 0 Å². The van der Waals surface area contributed by atoms with E-state index >= 15 is 0 Å². The van der Waals surface area contributed by atoms with Gasteiger partial charge in [0.25, 0.3) is 5.91 Å². The quantitative estimate of drug-likeness (QED) is 0.900. The predicted molar refractivity (Wildman–Crippen MR) is 76.8 cm³/mol. The van der Waals surface area contributed by atoms with Gasteiger partial charge in [0, 0.05) is 11.6 Å². The number of hydrogen-bond acceptors (Lipinski definition) is 2. The Bertz CT molecular complexity index is 561. The Balaban J connectivity index is 1.91. The lowest BCUT2D eigenvalue weighted by Crippen LogP contribution is -2.28. The van der Waals surface area contributed by atoms with Crippen molar-refractivity contribution < 1.29 is 18.0 Å². The third-order valence-corrected chi connectivity index (χ3v) is 4.27. The van der Waals surface area contributed by atoms with E-state index < -0.39 is 17.6 Å². The molecule has 0 bridgehead atoms. The normalized spacial score (nSPS) is 20.0. The molecule has 2 N–H and O–H groups in total. The lowest BCUT2D eigenvalue weighted by atomic mass is 9.88. The summed E-state index contributed by atoms with van der Waals surface area (Å²) in [4.78, 5) is 12.1. The van der Waals surface area contributed by atoms with Crippen LogP contribution in [0.1, 0.15) is 53.1 Å². The number of piperidine rings is 1. The van der Waals surface area contributed by atoms with Crippen molar-refractivity contribution in [3.05, 3.63) is 34.9 Å². The molecule has 0 radical (unpaired) electrons. The van der Waals surface area contributed by atoms with Gasteiger partial charge in [-0.1, -0.05) is 0 Å². The van der Waals surface area contributed by atoms with Crippen molar-refractivity contribution in [2.75, 3.05) is 13.1 Å². The fourth-order valence-corrected chi connectivity index (χ4v) is 2.83. The van der Waals surface area contributed by atoms with Crippen molar-refractivity contribution in [1.82, 2.24) is 10.6 Å². The topological polar surface area (TPSA) is 41.1 Å². The summed E-state index contributed by atoms with van der Waals surface area (Å²) >= 11 is 0. The number of rotatable bonds is 3. The van der Waals surface area contributed by atoms with E-state index in [1.807, 2.05) is 0 Å². The van der Waals surface area contributed by atoms with Crippen LogP contribution in [0.25, 0.3) is 0 Å². The van der Waals surface area contributed by atoms with Crippen molar-refractivity contribution in [2.45, 2.75) is 43.8 Å². The highest BCUT2D eigenvalue weighted by atomic mass is 19.4. The van der Waals surface area contributed by atoms with E-state index in [1.165, 1.54) is 6.07 Å². The maximum Gasteiger partial charge on any atom is 0.416 e. The first-order valence-electron chi connectivity index (χ1n) is 7.67. The summed E-state index contributed by atoms with van der Waals surface area (Å²) in [7, 11) is 0. The highest BCUT2D eigenvalue weighted by Gasteiger charge is 2.33. The van der Waals surface area contributed by atoms with Crippen molar-refractivity contribution in [1.29, 1.82) is 0 Å². The fourth-order valence-electron chi connectivity index (χ4n) is 2.83. The van der Waals surface area contributed by atoms with E-state index in [1.54, 1.807) is 6.07 Å². The van der Waals surface area contributed by atoms with Crippen molar-refractivity contribution in [3.63, 3.8) is 0 Å². The van der Waals surface area contributed by atoms with E-state index in [9.17, 15) is 18.0 Å². The number of hydrogen-bond donors (Lipinski definition) is 2. The molecule has 1 aliphatic heterocycles. The van der Waals surface area contributed by atoms with Crippen LogP contribution in [0.3, 0.4) is 0 Å². The van der Waals surface area contributed by atoms with Crippen LogP contribution in [0.4, 0.5) is 13.2 Å². The van der Waals surface area contributed by atoms with E-state index in [0.29, 0.717) is 5.56 Å². The molecule has 0 atom stereocenters. The average molecular weight is 312 g/mol. The van der Waals surface area contributed by atoms with Crippen LogP contribution in [0.15, 0.2) is 18.2 Å². The largest absolute Gasteiger partial charge is 0.416 e. The van der Waals surface area contributed by atoms with Gasteiger partial charge in [-0.15, -0.1) is 0 Å². The third-order valence-electron chi connectivity index (χ3n) is 4.27. The lowest BCUT2D eigenvalue weighted by molar-refractivity contribution is -0.137. The number of alkyl halides is 3. The van der Waals surface area contributed by atoms with Crippen LogP contribution in [0.2, 0.25) is 0 Å². The van der Waals surface area contributed by atoms with Gasteiger partial charge in [0.1, 0.15) is 0 Å². The van der Waals surface area contributed by atoms with Crippen LogP contribution in [0, 0.1) is 0 Å². The van der Waals surface area contributed by atoms with Gasteiger partial charge in [-0.3, -0.25) is 4.79 Å². The molecule has 1 aliphatic carbocycles. The molecule has 1 amide bonds. The first kappa shape index (κ1) is 15.3. The van der Waals surface area contributed by atoms with E-state index in [4.69, 9.17) is 0 Å². The molecule has 0 spiro atoms. The summed E-state index contributed by atoms with van der Waals surface area (Å²) in [5.74, 6) is -0.320. The molecule has 3 rings (SSSR count). The SMILES string of the molecule is O=C(NC1CC1)c1cc(C2CCNCC2)cc(C(F)(F)F)c1. The second kappa shape index (κ2) is 5.91. The lowest BCUT2D eigenvalue weighted by Gasteiger charge is -2.24. The minimum atomic E-state index is -4.43. The first-order chi connectivity index (χ1) is 10.4. The summed E-state index contributed by atoms with van der Waals surface area (Å²) in [6.07, 6.45) is -1.02. The Morgan fingerprint density at radius 1 is 1.09 bits per heavy atom. The number of nitrogens with one attached hydrogen (secondary N) is 2. The van der Waals surface area contributed by atoms with Crippen LogP contribution < -0.4 is 10.6 Å². The standard InChI is InChI=1S/C16H19F3N2O/c17-16(18,19)13-8-11(10-3-5-20-6-4-10)7-12(9-13)15(22)21-14-1-2-14/h7-10,14,20H,1-6H2,(H,21,22). The third kappa shape index (κ3) is 3.61. The van der Waals surface area contributed by atoms with E-state index in [0.717, 1.165) is 44.8 Å². The molecule has 1 saturated heterocycles. The molecule has 2 aliphatic rings. The summed E-state index contributed by atoms with van der Waals surface area (Å²) in [5.41, 5.74) is 0.0111. The second-order valence-electron chi connectivity index (χ2n) is 6.11. The number of carbonyl (C=O) groups excluding carboxylic acids is 1. The molecule has 3 nitrogen and oxygen atoms in total. The molecule has 22 heavy (non-hydrogen) atoms. The predicted octanol–water partition coefficient (Wildman–Crippen LogP) is 3.06. The van der Waals surface area contributed by atoms with E-state index in [2.05, 4.69) is 10.6 Å². The molecule has 1 aromatic rings. The first-order valence-corrected chi connectivity index (χ1v) is 7.67. The number of benzene rings is 1. The Morgan fingerprint density at radius 3 is 2.36 bits per heavy atom. The maximum atomic E-state index is 13.1. The van der Waals surface area contributed by atoms with Gasteiger partial charge in [0.2, 0.25) is 0 Å². The molecular weight excluding hydrogens is 293 g/mol. The Kier molecular flexibility index (Phi) is 4.12. The molecule has 1 saturated carbocycles. The van der Waals surface area contributed by atoms with Gasteiger partial charge >= 0.3 is 6.18 Å². The Labute approximate surface area is 127 Å². The highest BCUT2D eigenvalue weighted by molar-refractivity contribution is 5.95. The molecule has 0 aromatic heterocycles. The smallest absolute Gasteiger partial charge is 0.349 e. The minimum absolute atomic E-state index is 0.0797. The number of amides is 1. The van der Waals surface area contributed by atoms with Crippen molar-refractivity contribution >= 4 is 5.91 Å². The molecule has 1 heterocycles. The maximum absolute atomic E-state index is 13.1. The Morgan fingerprint density at radius 2 is 1.77 bits per heavy atom. The zero-order valence-electron chi connectivity index (χ0n) is 12.2. The van der Waals surface area contributed by atoms with Crippen LogP contribution in [-0.2, 0) is 6.18 Å². The van der Waals surface area contributed by atoms with Crippen LogP contribution in [-0.4, -0.2) is 25.0 Å². The van der Waals surface area contributed by atoms with Gasteiger partial charge in [0.15, 0.2) is 0 Å². The Hall–Kier alpha value is -1.56. The molecular formula is C16H19F3N2O. The van der Waals surface area contributed by atoms with Gasteiger partial charge in [-0.05, 0) is 68.5 Å². The second-order valence-corrected chi connectivity index (χ2v) is 6.11. The fraction of sp³-hybridized carbons (Fsp3) is 0.562. The van der Waals surface area contributed by atoms with Gasteiger partial charge < -0.3 is 10.6 Å². The number of carbonyl (C=O) groups is 1. The highest BCUT2D eigenvalue weighted by Crippen LogP contribution is 2.34. The zero-order chi connectivity index (χ0) is 15.7. The number of halogens is 3. The summed E-state index contributed by atoms with van der Waals surface area (Å²) in [5, 5.41) is 5.96.